The minimum atomic E-state index is -0.701. The van der Waals surface area contributed by atoms with Gasteiger partial charge in [0, 0.05) is 17.2 Å². The molecule has 4 heteroatoms. The van der Waals surface area contributed by atoms with Crippen LogP contribution in [0.2, 0.25) is 0 Å². The summed E-state index contributed by atoms with van der Waals surface area (Å²) in [4.78, 5) is 0. The lowest BCUT2D eigenvalue weighted by molar-refractivity contribution is -0.467. The standard InChI is InChI=1S/C17H31BrO3/c1-16-13-19-17(20-14-16,21-15-16)11-9-7-5-3-2-4-6-8-10-12-18/h2-15H2,1H3. The maximum Gasteiger partial charge on any atom is 0.282 e. The van der Waals surface area contributed by atoms with E-state index >= 15 is 0 Å². The number of ether oxygens (including phenoxy) is 3. The molecule has 124 valence electrons. The molecule has 3 rings (SSSR count). The highest BCUT2D eigenvalue weighted by Crippen LogP contribution is 2.40. The van der Waals surface area contributed by atoms with Crippen molar-refractivity contribution >= 4 is 15.9 Å². The van der Waals surface area contributed by atoms with Crippen LogP contribution in [0.5, 0.6) is 0 Å². The summed E-state index contributed by atoms with van der Waals surface area (Å²) >= 11 is 3.48. The number of unbranched alkanes of at least 4 members (excludes halogenated alkanes) is 8. The van der Waals surface area contributed by atoms with E-state index in [1.807, 2.05) is 0 Å². The van der Waals surface area contributed by atoms with Gasteiger partial charge < -0.3 is 14.2 Å². The van der Waals surface area contributed by atoms with Gasteiger partial charge >= 0.3 is 0 Å². The molecule has 21 heavy (non-hydrogen) atoms. The zero-order valence-corrected chi connectivity index (χ0v) is 15.1. The molecule has 3 aliphatic rings. The van der Waals surface area contributed by atoms with Gasteiger partial charge in [-0.15, -0.1) is 0 Å². The second kappa shape index (κ2) is 8.85. The zero-order chi connectivity index (χ0) is 15.0. The minimum Gasteiger partial charge on any atom is -0.327 e. The summed E-state index contributed by atoms with van der Waals surface area (Å²) in [6.07, 6.45) is 12.8. The van der Waals surface area contributed by atoms with Crippen molar-refractivity contribution in [1.82, 2.24) is 0 Å². The molecule has 0 saturated carbocycles. The van der Waals surface area contributed by atoms with Gasteiger partial charge in [-0.25, -0.2) is 0 Å². The predicted molar refractivity (Wildman–Crippen MR) is 88.7 cm³/mol. The number of fused-ring (bicyclic) bond motifs is 3. The molecule has 0 aromatic heterocycles. The highest BCUT2D eigenvalue weighted by atomic mass is 79.9. The summed E-state index contributed by atoms with van der Waals surface area (Å²) in [5.41, 5.74) is 0.0799. The molecule has 3 heterocycles. The molecule has 0 atom stereocenters. The molecule has 0 N–H and O–H groups in total. The van der Waals surface area contributed by atoms with Gasteiger partial charge in [-0.3, -0.25) is 0 Å². The molecule has 3 saturated heterocycles. The summed E-state index contributed by atoms with van der Waals surface area (Å²) < 4.78 is 17.4. The third-order valence-electron chi connectivity index (χ3n) is 4.54. The highest BCUT2D eigenvalue weighted by Gasteiger charge is 2.49. The lowest BCUT2D eigenvalue weighted by Gasteiger charge is -2.50. The molecule has 2 bridgehead atoms. The third kappa shape index (κ3) is 5.81. The molecule has 3 nitrogen and oxygen atoms in total. The van der Waals surface area contributed by atoms with Crippen molar-refractivity contribution in [2.45, 2.75) is 77.1 Å². The summed E-state index contributed by atoms with van der Waals surface area (Å²) in [5.74, 6) is -0.701. The molecule has 0 unspecified atom stereocenters. The molecule has 0 amide bonds. The lowest BCUT2D eigenvalue weighted by Crippen LogP contribution is -2.58. The normalized spacial score (nSPS) is 31.7. The number of alkyl halides is 1. The van der Waals surface area contributed by atoms with E-state index in [9.17, 15) is 0 Å². The molecular weight excluding hydrogens is 332 g/mol. The van der Waals surface area contributed by atoms with Crippen molar-refractivity contribution in [2.75, 3.05) is 25.2 Å². The Balaban J connectivity index is 1.44. The quantitative estimate of drug-likeness (QED) is 0.381. The average molecular weight is 363 g/mol. The molecule has 0 aromatic rings. The number of rotatable bonds is 11. The van der Waals surface area contributed by atoms with Crippen LogP contribution in [0.3, 0.4) is 0 Å². The van der Waals surface area contributed by atoms with Crippen molar-refractivity contribution in [1.29, 1.82) is 0 Å². The van der Waals surface area contributed by atoms with Crippen LogP contribution in [0.1, 0.15) is 71.1 Å². The van der Waals surface area contributed by atoms with E-state index in [1.54, 1.807) is 0 Å². The van der Waals surface area contributed by atoms with E-state index in [4.69, 9.17) is 14.2 Å². The summed E-state index contributed by atoms with van der Waals surface area (Å²) in [6.45, 7) is 4.50. The van der Waals surface area contributed by atoms with E-state index < -0.39 is 5.97 Å². The summed E-state index contributed by atoms with van der Waals surface area (Å²) in [7, 11) is 0. The molecule has 0 radical (unpaired) electrons. The van der Waals surface area contributed by atoms with Crippen molar-refractivity contribution < 1.29 is 14.2 Å². The van der Waals surface area contributed by atoms with Gasteiger partial charge in [0.25, 0.3) is 5.97 Å². The second-order valence-corrected chi connectivity index (χ2v) is 7.77. The number of hydrogen-bond donors (Lipinski definition) is 0. The fourth-order valence-electron chi connectivity index (χ4n) is 2.99. The number of hydrogen-bond acceptors (Lipinski definition) is 3. The monoisotopic (exact) mass is 362 g/mol. The Morgan fingerprint density at radius 2 is 1.14 bits per heavy atom. The molecule has 0 spiro atoms. The van der Waals surface area contributed by atoms with E-state index in [0.717, 1.165) is 38.0 Å². The van der Waals surface area contributed by atoms with Crippen molar-refractivity contribution in [2.24, 2.45) is 5.41 Å². The molecule has 0 aromatic carbocycles. The van der Waals surface area contributed by atoms with Gasteiger partial charge in [0.2, 0.25) is 0 Å². The van der Waals surface area contributed by atoms with Gasteiger partial charge in [0.1, 0.15) is 0 Å². The van der Waals surface area contributed by atoms with Gasteiger partial charge in [-0.05, 0) is 12.8 Å². The number of halogens is 1. The Labute approximate surface area is 138 Å². The Morgan fingerprint density at radius 3 is 1.62 bits per heavy atom. The Hall–Kier alpha value is 0.360. The maximum atomic E-state index is 5.80. The van der Waals surface area contributed by atoms with Gasteiger partial charge in [0.15, 0.2) is 0 Å². The van der Waals surface area contributed by atoms with Crippen molar-refractivity contribution in [3.8, 4) is 0 Å². The minimum absolute atomic E-state index is 0.0799. The van der Waals surface area contributed by atoms with E-state index in [-0.39, 0.29) is 5.41 Å². The molecule has 3 aliphatic heterocycles. The largest absolute Gasteiger partial charge is 0.327 e. The van der Waals surface area contributed by atoms with Crippen LogP contribution in [0, 0.1) is 5.41 Å². The molecular formula is C17H31BrO3. The topological polar surface area (TPSA) is 27.7 Å². The first kappa shape index (κ1) is 17.7. The van der Waals surface area contributed by atoms with Crippen LogP contribution < -0.4 is 0 Å². The maximum absolute atomic E-state index is 5.80. The van der Waals surface area contributed by atoms with E-state index in [0.29, 0.717) is 0 Å². The zero-order valence-electron chi connectivity index (χ0n) is 13.5. The molecule has 0 aliphatic carbocycles. The van der Waals surface area contributed by atoms with Crippen LogP contribution in [0.4, 0.5) is 0 Å². The van der Waals surface area contributed by atoms with Gasteiger partial charge in [0.05, 0.1) is 19.8 Å². The SMILES string of the molecule is CC12COC(CCCCCCCCCCCBr)(OC1)OC2. The molecule has 3 fully saturated rings. The van der Waals surface area contributed by atoms with Crippen LogP contribution in [-0.4, -0.2) is 31.1 Å². The van der Waals surface area contributed by atoms with Crippen LogP contribution in [-0.2, 0) is 14.2 Å². The first-order valence-corrected chi connectivity index (χ1v) is 9.78. The van der Waals surface area contributed by atoms with Crippen LogP contribution >= 0.6 is 15.9 Å². The van der Waals surface area contributed by atoms with Crippen molar-refractivity contribution in [3.63, 3.8) is 0 Å². The summed E-state index contributed by atoms with van der Waals surface area (Å²) in [6, 6.07) is 0. The average Bonchev–Trinajstić information content (AvgIpc) is 2.51. The Bertz CT molecular complexity index is 271. The van der Waals surface area contributed by atoms with E-state index in [2.05, 4.69) is 22.9 Å². The lowest BCUT2D eigenvalue weighted by atomic mass is 9.91. The van der Waals surface area contributed by atoms with Gasteiger partial charge in [-0.2, -0.15) is 0 Å². The highest BCUT2D eigenvalue weighted by molar-refractivity contribution is 9.09. The first-order valence-electron chi connectivity index (χ1n) is 8.66. The fourth-order valence-corrected chi connectivity index (χ4v) is 3.39. The first-order chi connectivity index (χ1) is 10.2. The second-order valence-electron chi connectivity index (χ2n) is 6.98. The Morgan fingerprint density at radius 1 is 0.714 bits per heavy atom. The summed E-state index contributed by atoms with van der Waals surface area (Å²) in [5, 5.41) is 1.15. The van der Waals surface area contributed by atoms with Crippen molar-refractivity contribution in [3.05, 3.63) is 0 Å². The van der Waals surface area contributed by atoms with Crippen LogP contribution in [0.25, 0.3) is 0 Å². The van der Waals surface area contributed by atoms with Gasteiger partial charge in [-0.1, -0.05) is 67.8 Å². The fraction of sp³-hybridized carbons (Fsp3) is 1.00. The Kier molecular flexibility index (Phi) is 7.47. The van der Waals surface area contributed by atoms with E-state index in [1.165, 1.54) is 51.4 Å². The van der Waals surface area contributed by atoms with Crippen LogP contribution in [0.15, 0.2) is 0 Å². The smallest absolute Gasteiger partial charge is 0.282 e. The third-order valence-corrected chi connectivity index (χ3v) is 5.10. The predicted octanol–water partition coefficient (Wildman–Crippen LogP) is 5.02.